The summed E-state index contributed by atoms with van der Waals surface area (Å²) in [5.74, 6) is -0.415. The Balaban J connectivity index is 2.80. The Bertz CT molecular complexity index is 470. The summed E-state index contributed by atoms with van der Waals surface area (Å²) in [7, 11) is 0. The molecule has 0 spiro atoms. The van der Waals surface area contributed by atoms with Crippen LogP contribution in [0.25, 0.3) is 0 Å². The first-order valence-electron chi connectivity index (χ1n) is 5.08. The van der Waals surface area contributed by atoms with Crippen LogP contribution in [0.15, 0.2) is 22.7 Å². The molecule has 1 aromatic rings. The van der Waals surface area contributed by atoms with Crippen LogP contribution in [0.3, 0.4) is 0 Å². The lowest BCUT2D eigenvalue weighted by molar-refractivity contribution is -0.124. The minimum Gasteiger partial charge on any atom is -0.344 e. The van der Waals surface area contributed by atoms with Crippen molar-refractivity contribution in [2.24, 2.45) is 0 Å². The topological polar surface area (TPSA) is 58.2 Å². The van der Waals surface area contributed by atoms with Gasteiger partial charge in [-0.2, -0.15) is 12.6 Å². The van der Waals surface area contributed by atoms with Crippen molar-refractivity contribution in [3.05, 3.63) is 27.7 Å². The van der Waals surface area contributed by atoms with Crippen molar-refractivity contribution < 1.29 is 9.59 Å². The number of amides is 2. The normalized spacial score (nSPS) is 11.8. The molecule has 0 bridgehead atoms. The molecule has 0 aliphatic heterocycles. The SMILES string of the molecule is CC(=O)NC(CS)C(=O)Nc1cccc(Cl)c1Br. The maximum absolute atomic E-state index is 11.9. The predicted octanol–water partition coefficient (Wildman–Crippen LogP) is 2.48. The van der Waals surface area contributed by atoms with Crippen molar-refractivity contribution in [2.45, 2.75) is 13.0 Å². The van der Waals surface area contributed by atoms with Crippen molar-refractivity contribution in [1.29, 1.82) is 0 Å². The Morgan fingerprint density at radius 1 is 1.50 bits per heavy atom. The molecule has 0 saturated heterocycles. The van der Waals surface area contributed by atoms with Gasteiger partial charge in [0.05, 0.1) is 15.2 Å². The van der Waals surface area contributed by atoms with Gasteiger partial charge in [0.15, 0.2) is 0 Å². The predicted molar refractivity (Wildman–Crippen MR) is 79.2 cm³/mol. The van der Waals surface area contributed by atoms with E-state index in [1.807, 2.05) is 0 Å². The lowest BCUT2D eigenvalue weighted by Crippen LogP contribution is -2.44. The fraction of sp³-hybridized carbons (Fsp3) is 0.273. The fourth-order valence-electron chi connectivity index (χ4n) is 1.26. The molecule has 18 heavy (non-hydrogen) atoms. The average molecular weight is 352 g/mol. The number of rotatable bonds is 4. The molecule has 98 valence electrons. The van der Waals surface area contributed by atoms with Crippen molar-refractivity contribution >= 4 is 57.7 Å². The highest BCUT2D eigenvalue weighted by molar-refractivity contribution is 9.10. The van der Waals surface area contributed by atoms with Gasteiger partial charge in [-0.05, 0) is 28.1 Å². The average Bonchev–Trinajstić information content (AvgIpc) is 2.31. The monoisotopic (exact) mass is 350 g/mol. The van der Waals surface area contributed by atoms with Gasteiger partial charge in [0.1, 0.15) is 6.04 Å². The Hall–Kier alpha value is -0.720. The third kappa shape index (κ3) is 4.19. The summed E-state index contributed by atoms with van der Waals surface area (Å²) in [6.07, 6.45) is 0. The number of thiol groups is 1. The van der Waals surface area contributed by atoms with Gasteiger partial charge in [0.25, 0.3) is 0 Å². The molecule has 7 heteroatoms. The smallest absolute Gasteiger partial charge is 0.247 e. The van der Waals surface area contributed by atoms with Crippen molar-refractivity contribution in [2.75, 3.05) is 11.1 Å². The second-order valence-corrected chi connectivity index (χ2v) is 5.09. The molecule has 0 heterocycles. The highest BCUT2D eigenvalue weighted by atomic mass is 79.9. The molecule has 0 fully saturated rings. The summed E-state index contributed by atoms with van der Waals surface area (Å²) >= 11 is 13.2. The van der Waals surface area contributed by atoms with Gasteiger partial charge in [0, 0.05) is 12.7 Å². The molecule has 2 N–H and O–H groups in total. The highest BCUT2D eigenvalue weighted by Crippen LogP contribution is 2.30. The number of carbonyl (C=O) groups excluding carboxylic acids is 2. The number of hydrogen-bond donors (Lipinski definition) is 3. The zero-order valence-corrected chi connectivity index (χ0v) is 12.8. The molecule has 1 atom stereocenters. The van der Waals surface area contributed by atoms with E-state index in [0.29, 0.717) is 15.2 Å². The minimum atomic E-state index is -0.684. The van der Waals surface area contributed by atoms with Crippen LogP contribution in [0, 0.1) is 0 Å². The van der Waals surface area contributed by atoms with Gasteiger partial charge in [-0.25, -0.2) is 0 Å². The van der Waals surface area contributed by atoms with Crippen molar-refractivity contribution in [3.8, 4) is 0 Å². The summed E-state index contributed by atoms with van der Waals surface area (Å²) in [5.41, 5.74) is 0.546. The number of carbonyl (C=O) groups is 2. The van der Waals surface area contributed by atoms with Crippen LogP contribution < -0.4 is 10.6 Å². The Labute approximate surface area is 124 Å². The maximum Gasteiger partial charge on any atom is 0.247 e. The van der Waals surface area contributed by atoms with E-state index in [1.165, 1.54) is 6.92 Å². The summed E-state index contributed by atoms with van der Waals surface area (Å²) in [5, 5.41) is 5.68. The van der Waals surface area contributed by atoms with Crippen LogP contribution in [-0.2, 0) is 9.59 Å². The van der Waals surface area contributed by atoms with E-state index < -0.39 is 6.04 Å². The van der Waals surface area contributed by atoms with Gasteiger partial charge in [0.2, 0.25) is 11.8 Å². The Morgan fingerprint density at radius 2 is 2.17 bits per heavy atom. The zero-order chi connectivity index (χ0) is 13.7. The largest absolute Gasteiger partial charge is 0.344 e. The van der Waals surface area contributed by atoms with Crippen molar-refractivity contribution in [1.82, 2.24) is 5.32 Å². The third-order valence-electron chi connectivity index (χ3n) is 2.09. The van der Waals surface area contributed by atoms with E-state index in [1.54, 1.807) is 18.2 Å². The van der Waals surface area contributed by atoms with Gasteiger partial charge >= 0.3 is 0 Å². The summed E-state index contributed by atoms with van der Waals surface area (Å²) < 4.78 is 0.598. The number of halogens is 2. The molecule has 1 aromatic carbocycles. The minimum absolute atomic E-state index is 0.212. The van der Waals surface area contributed by atoms with Gasteiger partial charge in [-0.15, -0.1) is 0 Å². The second-order valence-electron chi connectivity index (χ2n) is 3.53. The van der Waals surface area contributed by atoms with E-state index in [4.69, 9.17) is 11.6 Å². The maximum atomic E-state index is 11.9. The van der Waals surface area contributed by atoms with Crippen LogP contribution >= 0.6 is 40.2 Å². The van der Waals surface area contributed by atoms with Crippen LogP contribution in [0.2, 0.25) is 5.02 Å². The molecule has 4 nitrogen and oxygen atoms in total. The van der Waals surface area contributed by atoms with Crippen LogP contribution in [0.4, 0.5) is 5.69 Å². The number of benzene rings is 1. The summed E-state index contributed by atoms with van der Waals surface area (Å²) in [6.45, 7) is 1.35. The quantitative estimate of drug-likeness (QED) is 0.730. The molecule has 0 aromatic heterocycles. The zero-order valence-electron chi connectivity index (χ0n) is 9.54. The molecule has 2 amide bonds. The number of nitrogens with one attached hydrogen (secondary N) is 2. The second kappa shape index (κ2) is 7.01. The van der Waals surface area contributed by atoms with Gasteiger partial charge in [-0.3, -0.25) is 9.59 Å². The Kier molecular flexibility index (Phi) is 5.98. The first-order valence-corrected chi connectivity index (χ1v) is 6.89. The summed E-state index contributed by atoms with van der Waals surface area (Å²) in [4.78, 5) is 22.8. The first-order chi connectivity index (χ1) is 8.45. The number of hydrogen-bond acceptors (Lipinski definition) is 3. The molecular formula is C11H12BrClN2O2S. The molecule has 0 saturated carbocycles. The third-order valence-corrected chi connectivity index (χ3v) is 3.85. The van der Waals surface area contributed by atoms with E-state index in [-0.39, 0.29) is 17.6 Å². The van der Waals surface area contributed by atoms with Crippen molar-refractivity contribution in [3.63, 3.8) is 0 Å². The highest BCUT2D eigenvalue weighted by Gasteiger charge is 2.18. The van der Waals surface area contributed by atoms with E-state index in [2.05, 4.69) is 39.2 Å². The molecule has 0 aliphatic rings. The van der Waals surface area contributed by atoms with Gasteiger partial charge in [-0.1, -0.05) is 17.7 Å². The van der Waals surface area contributed by atoms with Gasteiger partial charge < -0.3 is 10.6 Å². The molecular weight excluding hydrogens is 340 g/mol. The van der Waals surface area contributed by atoms with E-state index in [9.17, 15) is 9.59 Å². The molecule has 0 aliphatic carbocycles. The van der Waals surface area contributed by atoms with Crippen LogP contribution in [0.1, 0.15) is 6.92 Å². The van der Waals surface area contributed by atoms with Crippen LogP contribution in [0.5, 0.6) is 0 Å². The lowest BCUT2D eigenvalue weighted by atomic mass is 10.2. The lowest BCUT2D eigenvalue weighted by Gasteiger charge is -2.16. The fourth-order valence-corrected chi connectivity index (χ4v) is 2.05. The number of anilines is 1. The molecule has 1 rings (SSSR count). The standard InChI is InChI=1S/C11H12BrClN2O2S/c1-6(16)14-9(5-18)11(17)15-8-4-2-3-7(13)10(8)12/h2-4,9,18H,5H2,1H3,(H,14,16)(H,15,17). The first kappa shape index (κ1) is 15.3. The Morgan fingerprint density at radius 3 is 2.72 bits per heavy atom. The van der Waals surface area contributed by atoms with Crippen LogP contribution in [-0.4, -0.2) is 23.6 Å². The van der Waals surface area contributed by atoms with E-state index in [0.717, 1.165) is 0 Å². The summed E-state index contributed by atoms with van der Waals surface area (Å²) in [6, 6.07) is 4.44. The molecule has 1 unspecified atom stereocenters. The molecule has 0 radical (unpaired) electrons. The van der Waals surface area contributed by atoms with E-state index >= 15 is 0 Å².